The van der Waals surface area contributed by atoms with E-state index in [2.05, 4.69) is 15.0 Å². The van der Waals surface area contributed by atoms with Crippen molar-refractivity contribution in [2.24, 2.45) is 5.92 Å². The van der Waals surface area contributed by atoms with Crippen molar-refractivity contribution in [2.45, 2.75) is 69.0 Å². The first kappa shape index (κ1) is 15.1. The molecule has 1 aromatic heterocycles. The average Bonchev–Trinajstić information content (AvgIpc) is 3.37. The molecule has 0 aromatic carbocycles. The van der Waals surface area contributed by atoms with Crippen molar-refractivity contribution in [2.75, 3.05) is 0 Å². The van der Waals surface area contributed by atoms with Gasteiger partial charge in [0.15, 0.2) is 0 Å². The summed E-state index contributed by atoms with van der Waals surface area (Å²) in [5.41, 5.74) is 0.928. The summed E-state index contributed by atoms with van der Waals surface area (Å²) in [6, 6.07) is 2.42. The maximum Gasteiger partial charge on any atom is 0.242 e. The van der Waals surface area contributed by atoms with E-state index in [1.54, 1.807) is 12.3 Å². The van der Waals surface area contributed by atoms with Crippen LogP contribution in [0, 0.1) is 5.92 Å². The van der Waals surface area contributed by atoms with Crippen LogP contribution in [-0.4, -0.2) is 25.5 Å². The predicted octanol–water partition coefficient (Wildman–Crippen LogP) is 2.12. The van der Waals surface area contributed by atoms with Crippen LogP contribution in [-0.2, 0) is 16.6 Å². The van der Waals surface area contributed by atoms with Crippen LogP contribution in [0.25, 0.3) is 0 Å². The number of rotatable bonds is 9. The zero-order valence-corrected chi connectivity index (χ0v) is 13.4. The smallest absolute Gasteiger partial charge is 0.242 e. The molecule has 1 unspecified atom stereocenters. The molecule has 2 fully saturated rings. The molecule has 1 heterocycles. The Labute approximate surface area is 127 Å². The largest absolute Gasteiger partial charge is 0.363 e. The molecule has 5 nitrogen and oxygen atoms in total. The number of hydrogen-bond donors (Lipinski definition) is 3. The Kier molecular flexibility index (Phi) is 4.38. The van der Waals surface area contributed by atoms with Crippen LogP contribution in [0.2, 0.25) is 0 Å². The van der Waals surface area contributed by atoms with Crippen molar-refractivity contribution in [1.29, 1.82) is 0 Å². The number of aromatic nitrogens is 1. The Balaban J connectivity index is 1.59. The molecule has 1 aromatic rings. The van der Waals surface area contributed by atoms with E-state index in [9.17, 15) is 8.42 Å². The molecule has 118 valence electrons. The van der Waals surface area contributed by atoms with Crippen molar-refractivity contribution in [3.8, 4) is 0 Å². The summed E-state index contributed by atoms with van der Waals surface area (Å²) in [5, 5.41) is 3.38. The second-order valence-corrected chi connectivity index (χ2v) is 8.14. The molecule has 2 saturated carbocycles. The van der Waals surface area contributed by atoms with E-state index in [1.807, 2.05) is 6.92 Å². The highest BCUT2D eigenvalue weighted by Crippen LogP contribution is 2.34. The van der Waals surface area contributed by atoms with Crippen LogP contribution in [0.1, 0.15) is 51.1 Å². The molecule has 3 rings (SSSR count). The standard InChI is InChI=1S/C15H25N3O2S/c1-2-12(7-11-3-4-11)18-21(19,20)15-8-14(17-10-15)9-16-13-5-6-13/h8,10-13,16-18H,2-7,9H2,1H3. The highest BCUT2D eigenvalue weighted by molar-refractivity contribution is 7.89. The maximum atomic E-state index is 12.4. The highest BCUT2D eigenvalue weighted by Gasteiger charge is 2.28. The number of aromatic amines is 1. The number of hydrogen-bond acceptors (Lipinski definition) is 3. The lowest BCUT2D eigenvalue weighted by Crippen LogP contribution is -2.34. The Morgan fingerprint density at radius 2 is 2.10 bits per heavy atom. The molecule has 0 spiro atoms. The summed E-state index contributed by atoms with van der Waals surface area (Å²) in [5.74, 6) is 0.724. The fourth-order valence-electron chi connectivity index (χ4n) is 2.56. The lowest BCUT2D eigenvalue weighted by Gasteiger charge is -2.16. The van der Waals surface area contributed by atoms with E-state index >= 15 is 0 Å². The van der Waals surface area contributed by atoms with E-state index < -0.39 is 10.0 Å². The monoisotopic (exact) mass is 311 g/mol. The predicted molar refractivity (Wildman–Crippen MR) is 82.4 cm³/mol. The van der Waals surface area contributed by atoms with Crippen molar-refractivity contribution in [3.63, 3.8) is 0 Å². The Hall–Kier alpha value is -0.850. The molecule has 3 N–H and O–H groups in total. The van der Waals surface area contributed by atoms with Crippen LogP contribution in [0.4, 0.5) is 0 Å². The van der Waals surface area contributed by atoms with Gasteiger partial charge in [-0.2, -0.15) is 0 Å². The Morgan fingerprint density at radius 3 is 2.71 bits per heavy atom. The average molecular weight is 311 g/mol. The fourth-order valence-corrected chi connectivity index (χ4v) is 3.91. The molecular weight excluding hydrogens is 286 g/mol. The maximum absolute atomic E-state index is 12.4. The number of H-pyrrole nitrogens is 1. The lowest BCUT2D eigenvalue weighted by molar-refractivity contribution is 0.495. The zero-order valence-electron chi connectivity index (χ0n) is 12.6. The fraction of sp³-hybridized carbons (Fsp3) is 0.733. The van der Waals surface area contributed by atoms with Gasteiger partial charge >= 0.3 is 0 Å². The van der Waals surface area contributed by atoms with E-state index in [0.29, 0.717) is 17.5 Å². The third-order valence-corrected chi connectivity index (χ3v) is 5.81. The third kappa shape index (κ3) is 4.31. The van der Waals surface area contributed by atoms with Gasteiger partial charge in [0, 0.05) is 30.5 Å². The normalized spacial score (nSPS) is 20.6. The second kappa shape index (κ2) is 6.10. The van der Waals surface area contributed by atoms with Crippen LogP contribution in [0.5, 0.6) is 0 Å². The molecule has 0 aliphatic heterocycles. The van der Waals surface area contributed by atoms with E-state index in [4.69, 9.17) is 0 Å². The molecule has 0 amide bonds. The van der Waals surface area contributed by atoms with Crippen LogP contribution in [0.3, 0.4) is 0 Å². The summed E-state index contributed by atoms with van der Waals surface area (Å²) < 4.78 is 27.7. The van der Waals surface area contributed by atoms with E-state index in [-0.39, 0.29) is 6.04 Å². The molecule has 6 heteroatoms. The first-order valence-corrected chi connectivity index (χ1v) is 9.48. The molecule has 0 radical (unpaired) electrons. The number of sulfonamides is 1. The van der Waals surface area contributed by atoms with E-state index in [0.717, 1.165) is 24.5 Å². The quantitative estimate of drug-likeness (QED) is 0.654. The van der Waals surface area contributed by atoms with Gasteiger partial charge in [0.05, 0.1) is 4.90 Å². The molecule has 0 bridgehead atoms. The minimum absolute atomic E-state index is 0.0606. The first-order chi connectivity index (χ1) is 10.1. The zero-order chi connectivity index (χ0) is 14.9. The molecule has 1 atom stereocenters. The topological polar surface area (TPSA) is 74.0 Å². The SMILES string of the molecule is CCC(CC1CC1)NS(=O)(=O)c1c[nH]c(CNC2CC2)c1. The summed E-state index contributed by atoms with van der Waals surface area (Å²) >= 11 is 0. The highest BCUT2D eigenvalue weighted by atomic mass is 32.2. The Bertz CT molecular complexity index is 573. The van der Waals surface area contributed by atoms with Gasteiger partial charge in [-0.05, 0) is 37.7 Å². The van der Waals surface area contributed by atoms with Crippen molar-refractivity contribution in [3.05, 3.63) is 18.0 Å². The summed E-state index contributed by atoms with van der Waals surface area (Å²) in [7, 11) is -3.40. The molecule has 21 heavy (non-hydrogen) atoms. The summed E-state index contributed by atoms with van der Waals surface area (Å²) in [6.07, 6.45) is 8.36. The van der Waals surface area contributed by atoms with Crippen molar-refractivity contribution in [1.82, 2.24) is 15.0 Å². The molecule has 2 aliphatic carbocycles. The molecule has 2 aliphatic rings. The van der Waals surface area contributed by atoms with Crippen LogP contribution < -0.4 is 10.0 Å². The minimum atomic E-state index is -3.40. The second-order valence-electron chi connectivity index (χ2n) is 6.42. The summed E-state index contributed by atoms with van der Waals surface area (Å²) in [4.78, 5) is 3.41. The van der Waals surface area contributed by atoms with Gasteiger partial charge in [-0.1, -0.05) is 19.8 Å². The minimum Gasteiger partial charge on any atom is -0.363 e. The summed E-state index contributed by atoms with van der Waals surface area (Å²) in [6.45, 7) is 2.75. The number of nitrogens with one attached hydrogen (secondary N) is 3. The van der Waals surface area contributed by atoms with E-state index in [1.165, 1.54) is 25.7 Å². The van der Waals surface area contributed by atoms with Crippen molar-refractivity contribution >= 4 is 10.0 Å². The van der Waals surface area contributed by atoms with Gasteiger partial charge in [-0.15, -0.1) is 0 Å². The van der Waals surface area contributed by atoms with Gasteiger partial charge < -0.3 is 10.3 Å². The van der Waals surface area contributed by atoms with Gasteiger partial charge in [-0.25, -0.2) is 13.1 Å². The Morgan fingerprint density at radius 1 is 1.33 bits per heavy atom. The first-order valence-electron chi connectivity index (χ1n) is 8.00. The van der Waals surface area contributed by atoms with Crippen molar-refractivity contribution < 1.29 is 8.42 Å². The van der Waals surface area contributed by atoms with Gasteiger partial charge in [-0.3, -0.25) is 0 Å². The molecule has 0 saturated heterocycles. The van der Waals surface area contributed by atoms with Crippen LogP contribution >= 0.6 is 0 Å². The van der Waals surface area contributed by atoms with Gasteiger partial charge in [0.1, 0.15) is 0 Å². The van der Waals surface area contributed by atoms with Crippen LogP contribution in [0.15, 0.2) is 17.2 Å². The molecular formula is C15H25N3O2S. The third-order valence-electron chi connectivity index (χ3n) is 4.31. The lowest BCUT2D eigenvalue weighted by atomic mass is 10.1. The van der Waals surface area contributed by atoms with Gasteiger partial charge in [0.25, 0.3) is 0 Å². The van der Waals surface area contributed by atoms with Gasteiger partial charge in [0.2, 0.25) is 10.0 Å².